The number of carbonyl (C=O) groups is 2. The molecule has 54 heavy (non-hydrogen) atoms. The zero-order valence-corrected chi connectivity index (χ0v) is 31.3. The van der Waals surface area contributed by atoms with E-state index in [1.54, 1.807) is 28.5 Å². The summed E-state index contributed by atoms with van der Waals surface area (Å²) in [5.74, 6) is -1.06. The van der Waals surface area contributed by atoms with Gasteiger partial charge < -0.3 is 24.8 Å². The Kier molecular flexibility index (Phi) is 9.00. The van der Waals surface area contributed by atoms with Crippen molar-refractivity contribution in [2.75, 3.05) is 32.5 Å². The first kappa shape index (κ1) is 35.8. The fraction of sp³-hybridized carbons (Fsp3) is 0.410. The van der Waals surface area contributed by atoms with Crippen LogP contribution in [0.25, 0.3) is 17.2 Å². The summed E-state index contributed by atoms with van der Waals surface area (Å²) >= 11 is 6.62. The fourth-order valence-electron chi connectivity index (χ4n) is 8.34. The van der Waals surface area contributed by atoms with Crippen molar-refractivity contribution in [3.8, 4) is 17.1 Å². The van der Waals surface area contributed by atoms with Gasteiger partial charge in [-0.3, -0.25) is 14.4 Å². The van der Waals surface area contributed by atoms with Gasteiger partial charge >= 0.3 is 0 Å². The summed E-state index contributed by atoms with van der Waals surface area (Å²) in [6, 6.07) is 10.5. The van der Waals surface area contributed by atoms with E-state index in [1.807, 2.05) is 44.1 Å². The fourth-order valence-corrected chi connectivity index (χ4v) is 8.58. The van der Waals surface area contributed by atoms with Gasteiger partial charge in [-0.15, -0.1) is 5.10 Å². The number of likely N-dealkylation sites (tertiary alicyclic amines) is 1. The van der Waals surface area contributed by atoms with Crippen LogP contribution >= 0.6 is 11.6 Å². The van der Waals surface area contributed by atoms with Crippen LogP contribution in [0.15, 0.2) is 47.5 Å². The number of carbonyl (C=O) groups excluding carboxylic acids is 2. The van der Waals surface area contributed by atoms with Gasteiger partial charge in [0.15, 0.2) is 17.3 Å². The molecule has 1 saturated carbocycles. The van der Waals surface area contributed by atoms with Crippen LogP contribution in [0.4, 0.5) is 10.1 Å². The smallest absolute Gasteiger partial charge is 0.279 e. The molecule has 2 fully saturated rings. The lowest BCUT2D eigenvalue weighted by atomic mass is 9.73. The molecular formula is C39H41ClFN9O4. The zero-order valence-electron chi connectivity index (χ0n) is 30.6. The number of piperidine rings is 1. The number of nitrogens with zero attached hydrogens (tertiary/aromatic N) is 8. The lowest BCUT2D eigenvalue weighted by Crippen LogP contribution is -2.46. The molecule has 0 radical (unpaired) electrons. The summed E-state index contributed by atoms with van der Waals surface area (Å²) in [6.07, 6.45) is 5.02. The van der Waals surface area contributed by atoms with Crippen LogP contribution in [0.3, 0.4) is 0 Å². The van der Waals surface area contributed by atoms with Crippen molar-refractivity contribution in [2.24, 2.45) is 0 Å². The molecule has 2 N–H and O–H groups in total. The number of nitrogens with one attached hydrogen (secondary N) is 1. The minimum absolute atomic E-state index is 0.0274. The highest BCUT2D eigenvalue weighted by Gasteiger charge is 2.49. The number of rotatable bonds is 8. The molecule has 1 atom stereocenters. The molecule has 8 rings (SSSR count). The van der Waals surface area contributed by atoms with Crippen molar-refractivity contribution < 1.29 is 19.1 Å². The minimum atomic E-state index is -0.633. The van der Waals surface area contributed by atoms with Crippen LogP contribution < -0.4 is 10.9 Å². The van der Waals surface area contributed by atoms with Gasteiger partial charge in [-0.2, -0.15) is 9.50 Å². The Hall–Kier alpha value is -5.21. The second kappa shape index (κ2) is 13.6. The highest BCUT2D eigenvalue weighted by atomic mass is 35.5. The number of aryl methyl sites for hydroxylation is 1. The molecule has 5 aromatic rings. The molecule has 2 aromatic carbocycles. The summed E-state index contributed by atoms with van der Waals surface area (Å²) in [6.45, 7) is 4.59. The van der Waals surface area contributed by atoms with Crippen molar-refractivity contribution in [1.29, 1.82) is 0 Å². The monoisotopic (exact) mass is 753 g/mol. The Balaban J connectivity index is 1.18. The zero-order chi connectivity index (χ0) is 38.1. The second-order valence-electron chi connectivity index (χ2n) is 15.2. The highest BCUT2D eigenvalue weighted by molar-refractivity contribution is 6.33. The van der Waals surface area contributed by atoms with Crippen LogP contribution in [-0.2, 0) is 23.3 Å². The SMILES string of the molecule is Cc1ncnc(C(=O)N2CCC3(CC2)CC(C)c2c3c(=O)n3nc(-c4ccc(CN(C)C)cc4F)nc3n2CC(=O)Nc2ccc(C3CC3)cc2Cl)c1O. The molecule has 1 spiro atoms. The molecule has 1 aliphatic heterocycles. The Labute approximate surface area is 315 Å². The van der Waals surface area contributed by atoms with E-state index < -0.39 is 17.1 Å². The third-order valence-electron chi connectivity index (χ3n) is 11.1. The third kappa shape index (κ3) is 6.30. The maximum Gasteiger partial charge on any atom is 0.279 e. The average molecular weight is 754 g/mol. The molecule has 1 saturated heterocycles. The predicted octanol–water partition coefficient (Wildman–Crippen LogP) is 5.41. The van der Waals surface area contributed by atoms with Crippen molar-refractivity contribution in [1.82, 2.24) is 38.9 Å². The lowest BCUT2D eigenvalue weighted by molar-refractivity contribution is -0.116. The topological polar surface area (TPSA) is 151 Å². The van der Waals surface area contributed by atoms with Crippen LogP contribution in [0.5, 0.6) is 5.75 Å². The van der Waals surface area contributed by atoms with Gasteiger partial charge in [-0.1, -0.05) is 30.7 Å². The standard InChI is InChI=1S/C39H41ClFN9O4/c1-21-17-39(11-13-48(14-12-39)37(54)32-34(52)22(2)42-20-43-32)31-33(21)49(19-30(51)44-29-10-8-25(16-27(29)40)24-6-7-24)38-45-35(46-50(38)36(31)53)26-9-5-23(15-28(26)41)18-47(3)4/h5,8-10,15-16,20-21,24,52H,6-7,11-14,17-19H2,1-4H3,(H,44,51). The quantitative estimate of drug-likeness (QED) is 0.212. The summed E-state index contributed by atoms with van der Waals surface area (Å²) in [5.41, 5.74) is 2.96. The number of fused-ring (bicyclic) bond motifs is 3. The molecule has 2 aliphatic carbocycles. The van der Waals surface area contributed by atoms with Gasteiger partial charge in [-0.05, 0) is 100 Å². The summed E-state index contributed by atoms with van der Waals surface area (Å²) in [5, 5.41) is 18.5. The van der Waals surface area contributed by atoms with Crippen molar-refractivity contribution in [2.45, 2.75) is 76.3 Å². The summed E-state index contributed by atoms with van der Waals surface area (Å²) in [4.78, 5) is 58.2. The maximum absolute atomic E-state index is 15.6. The number of hydrogen-bond acceptors (Lipinski definition) is 9. The van der Waals surface area contributed by atoms with E-state index in [2.05, 4.69) is 20.4 Å². The Morgan fingerprint density at radius 3 is 2.56 bits per heavy atom. The lowest BCUT2D eigenvalue weighted by Gasteiger charge is -2.39. The third-order valence-corrected chi connectivity index (χ3v) is 11.4. The van der Waals surface area contributed by atoms with E-state index in [1.165, 1.54) is 16.9 Å². The Morgan fingerprint density at radius 1 is 1.11 bits per heavy atom. The van der Waals surface area contributed by atoms with Gasteiger partial charge in [0.2, 0.25) is 11.7 Å². The molecule has 280 valence electrons. The van der Waals surface area contributed by atoms with Crippen LogP contribution in [0.2, 0.25) is 5.02 Å². The highest BCUT2D eigenvalue weighted by Crippen LogP contribution is 2.50. The molecule has 2 amide bonds. The molecule has 13 nitrogen and oxygen atoms in total. The summed E-state index contributed by atoms with van der Waals surface area (Å²) in [7, 11) is 3.80. The van der Waals surface area contributed by atoms with E-state index in [4.69, 9.17) is 16.6 Å². The van der Waals surface area contributed by atoms with Crippen LogP contribution in [0, 0.1) is 12.7 Å². The molecule has 1 unspecified atom stereocenters. The molecule has 0 bridgehead atoms. The first-order chi connectivity index (χ1) is 25.8. The number of aromatic nitrogens is 6. The van der Waals surface area contributed by atoms with E-state index in [0.717, 1.165) is 24.0 Å². The first-order valence-electron chi connectivity index (χ1n) is 18.2. The van der Waals surface area contributed by atoms with Crippen molar-refractivity contribution in [3.63, 3.8) is 0 Å². The van der Waals surface area contributed by atoms with Gasteiger partial charge in [-0.25, -0.2) is 14.4 Å². The molecular weight excluding hydrogens is 713 g/mol. The normalized spacial score (nSPS) is 17.8. The number of anilines is 1. The number of amides is 2. The minimum Gasteiger partial charge on any atom is -0.504 e. The molecule has 4 heterocycles. The van der Waals surface area contributed by atoms with Gasteiger partial charge in [0, 0.05) is 36.3 Å². The average Bonchev–Trinajstić information content (AvgIpc) is 3.82. The molecule has 15 heteroatoms. The predicted molar refractivity (Wildman–Crippen MR) is 200 cm³/mol. The number of halogens is 2. The van der Waals surface area contributed by atoms with Gasteiger partial charge in [0.25, 0.3) is 11.5 Å². The van der Waals surface area contributed by atoms with Gasteiger partial charge in [0.05, 0.1) is 22.0 Å². The summed E-state index contributed by atoms with van der Waals surface area (Å²) < 4.78 is 18.5. The van der Waals surface area contributed by atoms with Crippen molar-refractivity contribution in [3.05, 3.63) is 97.7 Å². The van der Waals surface area contributed by atoms with Gasteiger partial charge in [0.1, 0.15) is 18.7 Å². The largest absolute Gasteiger partial charge is 0.504 e. The van der Waals surface area contributed by atoms with E-state index >= 15 is 4.39 Å². The first-order valence-corrected chi connectivity index (χ1v) is 18.6. The second-order valence-corrected chi connectivity index (χ2v) is 15.7. The number of hydrogen-bond donors (Lipinski definition) is 2. The van der Waals surface area contributed by atoms with E-state index in [9.17, 15) is 19.5 Å². The van der Waals surface area contributed by atoms with E-state index in [-0.39, 0.29) is 52.5 Å². The Bertz CT molecular complexity index is 2400. The Morgan fingerprint density at radius 2 is 1.87 bits per heavy atom. The number of aromatic hydroxyl groups is 1. The van der Waals surface area contributed by atoms with E-state index in [0.29, 0.717) is 72.5 Å². The maximum atomic E-state index is 15.6. The molecule has 3 aromatic heterocycles. The molecule has 3 aliphatic rings. The van der Waals surface area contributed by atoms with Crippen LogP contribution in [0.1, 0.15) is 89.4 Å². The van der Waals surface area contributed by atoms with Crippen LogP contribution in [-0.4, -0.2) is 83.0 Å². The number of benzene rings is 2. The van der Waals surface area contributed by atoms with Crippen molar-refractivity contribution >= 4 is 34.9 Å².